The van der Waals surface area contributed by atoms with Gasteiger partial charge < -0.3 is 80.9 Å². The third-order valence-electron chi connectivity index (χ3n) is 12.2. The molecule has 0 aliphatic carbocycles. The molecule has 18 heteroatoms. The summed E-state index contributed by atoms with van der Waals surface area (Å²) < 4.78 is 23.2. The summed E-state index contributed by atoms with van der Waals surface area (Å²) in [4.78, 5) is 25.1. The molecule has 2 fully saturated rings. The fourth-order valence-electron chi connectivity index (χ4n) is 8.11. The van der Waals surface area contributed by atoms with E-state index in [0.717, 1.165) is 12.8 Å². The van der Waals surface area contributed by atoms with Crippen LogP contribution in [0.1, 0.15) is 91.9 Å². The number of cyclic esters (lactones) is 1. The maximum atomic E-state index is 12.6. The average Bonchev–Trinajstić information content (AvgIpc) is 3.21. The van der Waals surface area contributed by atoms with E-state index in [9.17, 15) is 65.8 Å². The number of carboxylic acid groups (broad SMARTS) is 1. The van der Waals surface area contributed by atoms with Crippen LogP contribution >= 0.6 is 0 Å². The predicted molar refractivity (Wildman–Crippen MR) is 237 cm³/mol. The maximum absolute atomic E-state index is 12.6. The number of esters is 1. The molecule has 18 nitrogen and oxygen atoms in total. The van der Waals surface area contributed by atoms with Crippen molar-refractivity contribution in [1.82, 2.24) is 0 Å². The van der Waals surface area contributed by atoms with E-state index in [0.29, 0.717) is 0 Å². The topological polar surface area (TPSA) is 320 Å². The van der Waals surface area contributed by atoms with Gasteiger partial charge in [-0.05, 0) is 52.4 Å². The van der Waals surface area contributed by atoms with Gasteiger partial charge in [0, 0.05) is 31.1 Å². The van der Waals surface area contributed by atoms with Crippen LogP contribution < -0.4 is 5.73 Å². The highest BCUT2D eigenvalue weighted by Gasteiger charge is 2.51. The van der Waals surface area contributed by atoms with Gasteiger partial charge in [-0.2, -0.15) is 0 Å². The Bertz CT molecular complexity index is 1620. The number of aliphatic hydroxyl groups excluding tert-OH is 9. The monoisotopic (exact) mass is 926 g/mol. The van der Waals surface area contributed by atoms with E-state index in [1.807, 2.05) is 49.5 Å². The number of ether oxygens (including phenoxy) is 4. The Labute approximate surface area is 381 Å². The van der Waals surface area contributed by atoms with Gasteiger partial charge in [0.25, 0.3) is 0 Å². The Balaban J connectivity index is 1.84. The van der Waals surface area contributed by atoms with E-state index in [-0.39, 0.29) is 38.0 Å². The second-order valence-corrected chi connectivity index (χ2v) is 17.8. The number of fused-ring (bicyclic) bond motifs is 2. The zero-order chi connectivity index (χ0) is 48.4. The Morgan fingerprint density at radius 2 is 1.28 bits per heavy atom. The van der Waals surface area contributed by atoms with Crippen molar-refractivity contribution in [3.63, 3.8) is 0 Å². The summed E-state index contributed by atoms with van der Waals surface area (Å²) in [6.45, 7) is 6.78. The van der Waals surface area contributed by atoms with Gasteiger partial charge in [-0.15, -0.1) is 0 Å². The quantitative estimate of drug-likeness (QED) is 0.175. The minimum atomic E-state index is -2.35. The molecular weight excluding hydrogens is 851 g/mol. The van der Waals surface area contributed by atoms with Crippen molar-refractivity contribution in [3.05, 3.63) is 72.9 Å². The van der Waals surface area contributed by atoms with Crippen LogP contribution in [0.4, 0.5) is 0 Å². The van der Waals surface area contributed by atoms with Gasteiger partial charge in [0.1, 0.15) is 18.1 Å². The molecule has 2 saturated heterocycles. The first-order chi connectivity index (χ1) is 30.6. The summed E-state index contributed by atoms with van der Waals surface area (Å²) in [7, 11) is 0. The second kappa shape index (κ2) is 27.6. The number of aliphatic carboxylic acids is 1. The minimum absolute atomic E-state index is 0.138. The summed E-state index contributed by atoms with van der Waals surface area (Å²) in [6, 6.07) is -1.14. The average molecular weight is 926 g/mol. The first-order valence-electron chi connectivity index (χ1n) is 22.6. The molecule has 0 radical (unpaired) electrons. The van der Waals surface area contributed by atoms with Crippen LogP contribution in [0.5, 0.6) is 0 Å². The smallest absolute Gasteiger partial charge is 0.311 e. The number of carbonyl (C=O) groups is 2. The molecule has 0 aromatic rings. The molecule has 0 unspecified atom stereocenters. The molecule has 2 bridgehead atoms. The van der Waals surface area contributed by atoms with Gasteiger partial charge in [-0.25, -0.2) is 0 Å². The molecule has 3 rings (SSSR count). The number of hydrogen-bond acceptors (Lipinski definition) is 17. The van der Waals surface area contributed by atoms with Crippen LogP contribution in [0.15, 0.2) is 72.9 Å². The van der Waals surface area contributed by atoms with Crippen molar-refractivity contribution in [1.29, 1.82) is 0 Å². The third-order valence-corrected chi connectivity index (χ3v) is 12.2. The van der Waals surface area contributed by atoms with Gasteiger partial charge >= 0.3 is 11.9 Å². The molecule has 0 amide bonds. The number of carboxylic acids is 1. The van der Waals surface area contributed by atoms with Crippen molar-refractivity contribution in [2.75, 3.05) is 0 Å². The first kappa shape index (κ1) is 56.1. The number of carbonyl (C=O) groups excluding carboxylic acids is 1. The molecule has 3 aliphatic rings. The van der Waals surface area contributed by atoms with Crippen molar-refractivity contribution >= 4 is 11.9 Å². The Kier molecular flexibility index (Phi) is 23.8. The summed E-state index contributed by atoms with van der Waals surface area (Å²) in [5.41, 5.74) is 6.02. The summed E-state index contributed by atoms with van der Waals surface area (Å²) >= 11 is 0. The highest BCUT2D eigenvalue weighted by atomic mass is 16.7. The SMILES string of the molecule is C[C@@H]1[C@H](O)[C@H](C)/C=C/C=C/CC/C=C/C=C/C=C/C=C\[C@H](O[C@@H]2O[C@H](C)[C@@H](O)[C@H](N)[C@@H]2O)C[C@H]2O[C@](O)(C[C@H](O)[C@H]2C(=O)O)C[C@H](O)[C@H](O)CC[C@H](O)C[C@H](O)C[C@H](O)CC(=O)O[C@@H]1C. The van der Waals surface area contributed by atoms with E-state index in [1.165, 1.54) is 13.0 Å². The van der Waals surface area contributed by atoms with Crippen LogP contribution in [0, 0.1) is 17.8 Å². The molecule has 13 N–H and O–H groups in total. The van der Waals surface area contributed by atoms with Crippen molar-refractivity contribution in [3.8, 4) is 0 Å². The highest BCUT2D eigenvalue weighted by Crippen LogP contribution is 2.38. The first-order valence-corrected chi connectivity index (χ1v) is 22.6. The summed E-state index contributed by atoms with van der Waals surface area (Å²) in [6.07, 6.45) is 2.28. The fourth-order valence-corrected chi connectivity index (χ4v) is 8.11. The van der Waals surface area contributed by atoms with Gasteiger partial charge in [0.15, 0.2) is 12.1 Å². The van der Waals surface area contributed by atoms with Crippen LogP contribution in [-0.4, -0.2) is 166 Å². The molecule has 370 valence electrons. The van der Waals surface area contributed by atoms with E-state index >= 15 is 0 Å². The fraction of sp³-hybridized carbons (Fsp3) is 0.702. The highest BCUT2D eigenvalue weighted by molar-refractivity contribution is 5.71. The minimum Gasteiger partial charge on any atom is -0.481 e. The van der Waals surface area contributed by atoms with Crippen LogP contribution in [0.25, 0.3) is 0 Å². The molecule has 65 heavy (non-hydrogen) atoms. The molecule has 3 aliphatic heterocycles. The van der Waals surface area contributed by atoms with E-state index in [1.54, 1.807) is 38.2 Å². The Morgan fingerprint density at radius 1 is 0.692 bits per heavy atom. The zero-order valence-electron chi connectivity index (χ0n) is 37.8. The third kappa shape index (κ3) is 18.8. The van der Waals surface area contributed by atoms with Gasteiger partial charge in [0.05, 0.1) is 79.6 Å². The lowest BCUT2D eigenvalue weighted by molar-refractivity contribution is -0.310. The van der Waals surface area contributed by atoms with Gasteiger partial charge in [-0.1, -0.05) is 86.8 Å². The largest absolute Gasteiger partial charge is 0.481 e. The maximum Gasteiger partial charge on any atom is 0.311 e. The standard InChI is InChI=1S/C47H75NO17/c1-27-17-15-13-11-9-7-5-6-8-10-12-14-16-18-34(64-46-44(58)41(48)43(57)30(4)63-46)24-38-40(45(59)60)37(54)26-47(61,65-38)25-36(53)35(52)20-19-31(49)21-32(50)22-33(51)23-39(55)62-29(3)28(2)42(27)56/h5-6,8,10-18,27-38,40-44,46,49-54,56-58,61H,7,9,19-26,48H2,1-4H3,(H,59,60)/b6-5+,10-8+,13-11+,14-12+,17-15+,18-16-/t27-,28+,29-,30-,31+,32+,33+,34+,35-,36+,37+,38-,40-,41+,42-,43-,44+,46+,47+/m1/s1. The van der Waals surface area contributed by atoms with Crippen molar-refractivity contribution < 1.29 is 84.7 Å². The second-order valence-electron chi connectivity index (χ2n) is 17.8. The number of hydrogen-bond donors (Lipinski definition) is 12. The van der Waals surface area contributed by atoms with Crippen LogP contribution in [0.2, 0.25) is 0 Å². The lowest BCUT2D eigenvalue weighted by atomic mass is 9.82. The molecule has 3 heterocycles. The van der Waals surface area contributed by atoms with E-state index in [2.05, 4.69) is 0 Å². The normalized spacial score (nSPS) is 45.2. The number of rotatable bonds is 3. The van der Waals surface area contributed by atoms with Crippen LogP contribution in [0.3, 0.4) is 0 Å². The van der Waals surface area contributed by atoms with E-state index < -0.39 is 141 Å². The lowest BCUT2D eigenvalue weighted by Crippen LogP contribution is -2.61. The van der Waals surface area contributed by atoms with Crippen molar-refractivity contribution in [2.24, 2.45) is 23.5 Å². The molecule has 19 atom stereocenters. The molecule has 0 spiro atoms. The summed E-state index contributed by atoms with van der Waals surface area (Å²) in [5, 5.41) is 118. The number of aliphatic hydroxyl groups is 10. The van der Waals surface area contributed by atoms with Gasteiger partial charge in [0.2, 0.25) is 0 Å². The molecule has 0 saturated carbocycles. The van der Waals surface area contributed by atoms with Crippen molar-refractivity contribution in [2.45, 2.75) is 189 Å². The number of allylic oxidation sites excluding steroid dienone is 10. The van der Waals surface area contributed by atoms with Crippen LogP contribution in [-0.2, 0) is 28.5 Å². The van der Waals surface area contributed by atoms with Gasteiger partial charge in [-0.3, -0.25) is 9.59 Å². The lowest BCUT2D eigenvalue weighted by Gasteiger charge is -2.45. The van der Waals surface area contributed by atoms with E-state index in [4.69, 9.17) is 24.7 Å². The Morgan fingerprint density at radius 3 is 1.94 bits per heavy atom. The molecule has 0 aromatic heterocycles. The molecular formula is C47H75NO17. The zero-order valence-corrected chi connectivity index (χ0v) is 37.8. The Hall–Kier alpha value is -3.18. The molecule has 0 aromatic carbocycles. The predicted octanol–water partition coefficient (Wildman–Crippen LogP) is 0.936. The number of nitrogens with two attached hydrogens (primary N) is 1. The summed E-state index contributed by atoms with van der Waals surface area (Å²) in [5.74, 6) is -6.82.